The molecule has 2 atom stereocenters. The Labute approximate surface area is 177 Å². The van der Waals surface area contributed by atoms with Crippen molar-refractivity contribution < 1.29 is 19.4 Å². The number of hydrogen-bond donors (Lipinski definition) is 2. The number of amides is 1. The molecule has 0 radical (unpaired) electrons. The fourth-order valence-corrected chi connectivity index (χ4v) is 5.01. The highest BCUT2D eigenvalue weighted by Gasteiger charge is 2.30. The molecule has 5 heteroatoms. The van der Waals surface area contributed by atoms with Crippen molar-refractivity contribution in [3.63, 3.8) is 0 Å². The molecule has 0 spiro atoms. The van der Waals surface area contributed by atoms with E-state index in [1.165, 1.54) is 22.3 Å². The van der Waals surface area contributed by atoms with Gasteiger partial charge in [-0.05, 0) is 41.0 Å². The topological polar surface area (TPSA) is 75.6 Å². The molecule has 158 valence electrons. The molecule has 0 unspecified atom stereocenters. The van der Waals surface area contributed by atoms with E-state index in [0.29, 0.717) is 0 Å². The first kappa shape index (κ1) is 20.5. The number of alkyl carbamates (subject to hydrolysis) is 1. The lowest BCUT2D eigenvalue weighted by Gasteiger charge is -2.29. The molecule has 30 heavy (non-hydrogen) atoms. The molecule has 0 heterocycles. The van der Waals surface area contributed by atoms with E-state index in [0.717, 1.165) is 38.5 Å². The van der Waals surface area contributed by atoms with Crippen molar-refractivity contribution in [2.45, 2.75) is 56.9 Å². The van der Waals surface area contributed by atoms with Gasteiger partial charge in [-0.15, -0.1) is 0 Å². The van der Waals surface area contributed by atoms with E-state index in [1.807, 2.05) is 24.3 Å². The lowest BCUT2D eigenvalue weighted by Crippen LogP contribution is -2.42. The summed E-state index contributed by atoms with van der Waals surface area (Å²) in [6.45, 7) is 0.274. The third-order valence-corrected chi connectivity index (χ3v) is 6.49. The summed E-state index contributed by atoms with van der Waals surface area (Å²) < 4.78 is 5.67. The molecule has 2 aromatic rings. The van der Waals surface area contributed by atoms with Gasteiger partial charge in [0.1, 0.15) is 6.61 Å². The van der Waals surface area contributed by atoms with Crippen molar-refractivity contribution in [3.05, 3.63) is 59.7 Å². The van der Waals surface area contributed by atoms with E-state index >= 15 is 0 Å². The minimum atomic E-state index is -0.806. The van der Waals surface area contributed by atoms with Crippen LogP contribution in [0.25, 0.3) is 11.1 Å². The smallest absolute Gasteiger partial charge is 0.407 e. The highest BCUT2D eigenvalue weighted by molar-refractivity contribution is 5.79. The van der Waals surface area contributed by atoms with Crippen LogP contribution in [0.3, 0.4) is 0 Å². The van der Waals surface area contributed by atoms with Crippen LogP contribution in [0.15, 0.2) is 48.5 Å². The van der Waals surface area contributed by atoms with Crippen LogP contribution in [-0.4, -0.2) is 29.8 Å². The van der Waals surface area contributed by atoms with E-state index in [9.17, 15) is 14.7 Å². The van der Waals surface area contributed by atoms with E-state index < -0.39 is 12.1 Å². The molecule has 0 aliphatic heterocycles. The highest BCUT2D eigenvalue weighted by atomic mass is 16.5. The fraction of sp³-hybridized carbons (Fsp3) is 0.440. The normalized spacial score (nSPS) is 21.1. The number of carbonyl (C=O) groups is 2. The SMILES string of the molecule is O=C(O)C[C@@H]1CCCCCC[C@@H]1NC(=O)OCC1c2ccccc2-c2ccccc21. The minimum Gasteiger partial charge on any atom is -0.481 e. The zero-order valence-electron chi connectivity index (χ0n) is 17.2. The molecule has 2 N–H and O–H groups in total. The van der Waals surface area contributed by atoms with Crippen LogP contribution in [0.4, 0.5) is 4.79 Å². The summed E-state index contributed by atoms with van der Waals surface area (Å²) in [4.78, 5) is 23.9. The fourth-order valence-electron chi connectivity index (χ4n) is 5.01. The predicted octanol–water partition coefficient (Wildman–Crippen LogP) is 5.34. The summed E-state index contributed by atoms with van der Waals surface area (Å²) in [5.74, 6) is -0.821. The molecular formula is C25H29NO4. The van der Waals surface area contributed by atoms with Crippen molar-refractivity contribution in [2.75, 3.05) is 6.61 Å². The molecular weight excluding hydrogens is 378 g/mol. The average Bonchev–Trinajstić information content (AvgIpc) is 3.05. The van der Waals surface area contributed by atoms with Crippen LogP contribution < -0.4 is 5.32 Å². The first-order chi connectivity index (χ1) is 14.6. The number of aliphatic carboxylic acids is 1. The maximum Gasteiger partial charge on any atom is 0.407 e. The second-order valence-electron chi connectivity index (χ2n) is 8.43. The van der Waals surface area contributed by atoms with Gasteiger partial charge < -0.3 is 15.2 Å². The molecule has 2 aliphatic carbocycles. The minimum absolute atomic E-state index is 0.0234. The second kappa shape index (κ2) is 9.33. The number of carboxylic acids is 1. The van der Waals surface area contributed by atoms with Crippen molar-refractivity contribution in [3.8, 4) is 11.1 Å². The van der Waals surface area contributed by atoms with Crippen molar-refractivity contribution in [1.29, 1.82) is 0 Å². The van der Waals surface area contributed by atoms with Gasteiger partial charge in [0.25, 0.3) is 0 Å². The predicted molar refractivity (Wildman–Crippen MR) is 115 cm³/mol. The third kappa shape index (κ3) is 4.50. The molecule has 0 saturated heterocycles. The molecule has 1 fully saturated rings. The van der Waals surface area contributed by atoms with Crippen LogP contribution in [0.2, 0.25) is 0 Å². The first-order valence-electron chi connectivity index (χ1n) is 11.0. The van der Waals surface area contributed by atoms with Gasteiger partial charge in [-0.25, -0.2) is 4.79 Å². The second-order valence-corrected chi connectivity index (χ2v) is 8.43. The maximum atomic E-state index is 12.6. The summed E-state index contributed by atoms with van der Waals surface area (Å²) in [6, 6.07) is 16.4. The number of fused-ring (bicyclic) bond motifs is 3. The Balaban J connectivity index is 1.42. The summed E-state index contributed by atoms with van der Waals surface area (Å²) in [6.07, 6.45) is 5.57. The van der Waals surface area contributed by atoms with Crippen LogP contribution in [0.5, 0.6) is 0 Å². The molecule has 2 aromatic carbocycles. The van der Waals surface area contributed by atoms with E-state index in [2.05, 4.69) is 29.6 Å². The Morgan fingerprint density at radius 2 is 1.50 bits per heavy atom. The Morgan fingerprint density at radius 3 is 2.13 bits per heavy atom. The van der Waals surface area contributed by atoms with Crippen molar-refractivity contribution >= 4 is 12.1 Å². The molecule has 0 aromatic heterocycles. The van der Waals surface area contributed by atoms with Crippen LogP contribution in [0, 0.1) is 5.92 Å². The average molecular weight is 408 g/mol. The Morgan fingerprint density at radius 1 is 0.900 bits per heavy atom. The Bertz CT molecular complexity index is 864. The summed E-state index contributed by atoms with van der Waals surface area (Å²) in [5, 5.41) is 12.3. The molecule has 4 rings (SSSR count). The van der Waals surface area contributed by atoms with Crippen molar-refractivity contribution in [1.82, 2.24) is 5.32 Å². The lowest BCUT2D eigenvalue weighted by molar-refractivity contribution is -0.138. The Hall–Kier alpha value is -2.82. The Kier molecular flexibility index (Phi) is 6.36. The van der Waals surface area contributed by atoms with E-state index in [-0.39, 0.29) is 30.9 Å². The quantitative estimate of drug-likeness (QED) is 0.702. The zero-order chi connectivity index (χ0) is 20.9. The van der Waals surface area contributed by atoms with Gasteiger partial charge in [0, 0.05) is 12.0 Å². The summed E-state index contributed by atoms with van der Waals surface area (Å²) >= 11 is 0. The number of carbonyl (C=O) groups excluding carboxylic acids is 1. The summed E-state index contributed by atoms with van der Waals surface area (Å²) in [5.41, 5.74) is 4.76. The monoisotopic (exact) mass is 407 g/mol. The lowest BCUT2D eigenvalue weighted by atomic mass is 9.85. The molecule has 0 bridgehead atoms. The molecule has 1 saturated carbocycles. The van der Waals surface area contributed by atoms with Gasteiger partial charge in [0.05, 0.1) is 6.42 Å². The molecule has 5 nitrogen and oxygen atoms in total. The van der Waals surface area contributed by atoms with Crippen molar-refractivity contribution in [2.24, 2.45) is 5.92 Å². The van der Waals surface area contributed by atoms with Gasteiger partial charge in [-0.1, -0.05) is 74.2 Å². The van der Waals surface area contributed by atoms with Gasteiger partial charge in [-0.3, -0.25) is 4.79 Å². The summed E-state index contributed by atoms with van der Waals surface area (Å²) in [7, 11) is 0. The highest BCUT2D eigenvalue weighted by Crippen LogP contribution is 2.44. The van der Waals surface area contributed by atoms with Crippen LogP contribution in [-0.2, 0) is 9.53 Å². The first-order valence-corrected chi connectivity index (χ1v) is 11.0. The third-order valence-electron chi connectivity index (χ3n) is 6.49. The molecule has 1 amide bonds. The van der Waals surface area contributed by atoms with E-state index in [4.69, 9.17) is 4.74 Å². The van der Waals surface area contributed by atoms with Crippen LogP contribution >= 0.6 is 0 Å². The standard InChI is InChI=1S/C25H29NO4/c27-24(28)15-17-9-3-1-2-4-14-23(17)26-25(29)30-16-22-20-12-7-5-10-18(20)19-11-6-8-13-21(19)22/h5-8,10-13,17,22-23H,1-4,9,14-16H2,(H,26,29)(H,27,28)/t17-,23-/m0/s1. The number of nitrogens with one attached hydrogen (secondary N) is 1. The van der Waals surface area contributed by atoms with Gasteiger partial charge in [-0.2, -0.15) is 0 Å². The number of carboxylic acid groups (broad SMARTS) is 1. The number of hydrogen-bond acceptors (Lipinski definition) is 3. The largest absolute Gasteiger partial charge is 0.481 e. The van der Waals surface area contributed by atoms with Crippen LogP contribution in [0.1, 0.15) is 62.0 Å². The van der Waals surface area contributed by atoms with Gasteiger partial charge >= 0.3 is 12.1 Å². The van der Waals surface area contributed by atoms with E-state index in [1.54, 1.807) is 0 Å². The maximum absolute atomic E-state index is 12.6. The van der Waals surface area contributed by atoms with Gasteiger partial charge in [0.15, 0.2) is 0 Å². The zero-order valence-corrected chi connectivity index (χ0v) is 17.2. The molecule has 2 aliphatic rings. The number of benzene rings is 2. The van der Waals surface area contributed by atoms with Gasteiger partial charge in [0.2, 0.25) is 0 Å². The number of ether oxygens (including phenoxy) is 1. The number of rotatable bonds is 5.